The predicted molar refractivity (Wildman–Crippen MR) is 82.0 cm³/mol. The first kappa shape index (κ1) is 14.2. The third-order valence-electron chi connectivity index (χ3n) is 5.70. The van der Waals surface area contributed by atoms with Gasteiger partial charge in [-0.05, 0) is 43.9 Å². The van der Waals surface area contributed by atoms with Gasteiger partial charge >= 0.3 is 0 Å². The molecule has 3 aliphatic rings. The summed E-state index contributed by atoms with van der Waals surface area (Å²) in [7, 11) is 1.87. The first-order valence-electron chi connectivity index (χ1n) is 8.37. The molecule has 4 heteroatoms. The number of guanidine groups is 1. The summed E-state index contributed by atoms with van der Waals surface area (Å²) >= 11 is 0. The summed E-state index contributed by atoms with van der Waals surface area (Å²) in [4.78, 5) is 4.40. The molecule has 20 heavy (non-hydrogen) atoms. The summed E-state index contributed by atoms with van der Waals surface area (Å²) in [5.41, 5.74) is 0.503. The van der Waals surface area contributed by atoms with Crippen LogP contribution in [0.5, 0.6) is 0 Å². The van der Waals surface area contributed by atoms with Crippen LogP contribution < -0.4 is 10.6 Å². The molecule has 3 fully saturated rings. The molecule has 3 atom stereocenters. The number of rotatable bonds is 4. The highest BCUT2D eigenvalue weighted by atomic mass is 16.5. The lowest BCUT2D eigenvalue weighted by atomic mass is 9.83. The second-order valence-electron chi connectivity index (χ2n) is 6.85. The smallest absolute Gasteiger partial charge is 0.191 e. The molecule has 1 saturated carbocycles. The van der Waals surface area contributed by atoms with Crippen molar-refractivity contribution in [3.05, 3.63) is 0 Å². The van der Waals surface area contributed by atoms with E-state index >= 15 is 0 Å². The van der Waals surface area contributed by atoms with Gasteiger partial charge in [-0.25, -0.2) is 0 Å². The minimum absolute atomic E-state index is 0.408. The number of hydrogen-bond donors (Lipinski definition) is 2. The van der Waals surface area contributed by atoms with Crippen LogP contribution in [0.15, 0.2) is 4.99 Å². The molecule has 2 heterocycles. The van der Waals surface area contributed by atoms with Gasteiger partial charge in [-0.3, -0.25) is 4.99 Å². The van der Waals surface area contributed by atoms with Crippen LogP contribution in [0.1, 0.15) is 58.3 Å². The summed E-state index contributed by atoms with van der Waals surface area (Å²) < 4.78 is 5.90. The molecule has 0 aromatic heterocycles. The Kier molecular flexibility index (Phi) is 4.20. The van der Waals surface area contributed by atoms with E-state index < -0.39 is 0 Å². The standard InChI is InChI=1S/C16H29N3O/c1-3-16(8-4-5-9-16)11-18-15(17-2)19-13-10-12-6-7-14(13)20-12/h12-14H,3-11H2,1-2H3,(H2,17,18,19). The molecular formula is C16H29N3O. The highest BCUT2D eigenvalue weighted by Gasteiger charge is 2.41. The molecule has 0 aromatic carbocycles. The van der Waals surface area contributed by atoms with Crippen LogP contribution in [0.4, 0.5) is 0 Å². The van der Waals surface area contributed by atoms with Crippen molar-refractivity contribution in [2.45, 2.75) is 76.5 Å². The molecule has 3 rings (SSSR count). The van der Waals surface area contributed by atoms with Crippen molar-refractivity contribution in [2.75, 3.05) is 13.6 Å². The van der Waals surface area contributed by atoms with Crippen LogP contribution in [0.3, 0.4) is 0 Å². The first-order chi connectivity index (χ1) is 9.74. The normalized spacial score (nSPS) is 35.5. The Morgan fingerprint density at radius 2 is 2.10 bits per heavy atom. The minimum atomic E-state index is 0.408. The number of ether oxygens (including phenoxy) is 1. The largest absolute Gasteiger partial charge is 0.373 e. The van der Waals surface area contributed by atoms with Gasteiger partial charge in [0.1, 0.15) is 0 Å². The van der Waals surface area contributed by atoms with Gasteiger partial charge in [0.05, 0.1) is 18.2 Å². The van der Waals surface area contributed by atoms with Crippen molar-refractivity contribution in [1.82, 2.24) is 10.6 Å². The highest BCUT2D eigenvalue weighted by molar-refractivity contribution is 5.80. The summed E-state index contributed by atoms with van der Waals surface area (Å²) in [5, 5.41) is 7.15. The number of fused-ring (bicyclic) bond motifs is 2. The fourth-order valence-electron chi connectivity index (χ4n) is 4.21. The molecule has 2 aliphatic heterocycles. The lowest BCUT2D eigenvalue weighted by Crippen LogP contribution is -2.49. The zero-order valence-corrected chi connectivity index (χ0v) is 13.0. The Bertz CT molecular complexity index is 363. The maximum Gasteiger partial charge on any atom is 0.191 e. The highest BCUT2D eigenvalue weighted by Crippen LogP contribution is 2.40. The minimum Gasteiger partial charge on any atom is -0.373 e. The number of nitrogens with one attached hydrogen (secondary N) is 2. The third-order valence-corrected chi connectivity index (χ3v) is 5.70. The van der Waals surface area contributed by atoms with Crippen molar-refractivity contribution in [3.8, 4) is 0 Å². The number of nitrogens with zero attached hydrogens (tertiary/aromatic N) is 1. The van der Waals surface area contributed by atoms with Crippen LogP contribution in [0, 0.1) is 5.41 Å². The Morgan fingerprint density at radius 3 is 2.65 bits per heavy atom. The van der Waals surface area contributed by atoms with Crippen LogP contribution in [0.25, 0.3) is 0 Å². The second-order valence-corrected chi connectivity index (χ2v) is 6.85. The summed E-state index contributed by atoms with van der Waals surface area (Å²) in [6, 6.07) is 0.459. The van der Waals surface area contributed by atoms with E-state index in [1.54, 1.807) is 0 Å². The summed E-state index contributed by atoms with van der Waals surface area (Å²) in [5.74, 6) is 0.964. The Labute approximate surface area is 122 Å². The average molecular weight is 279 g/mol. The SMILES string of the molecule is CCC1(CNC(=NC)NC2CC3CCC2O3)CCCC1. The Hall–Kier alpha value is -0.770. The van der Waals surface area contributed by atoms with Gasteiger partial charge in [-0.2, -0.15) is 0 Å². The first-order valence-corrected chi connectivity index (χ1v) is 8.37. The molecule has 2 N–H and O–H groups in total. The van der Waals surface area contributed by atoms with E-state index in [4.69, 9.17) is 4.74 Å². The van der Waals surface area contributed by atoms with Crippen molar-refractivity contribution in [3.63, 3.8) is 0 Å². The van der Waals surface area contributed by atoms with Crippen molar-refractivity contribution < 1.29 is 4.74 Å². The Balaban J connectivity index is 1.50. The summed E-state index contributed by atoms with van der Waals surface area (Å²) in [6.45, 7) is 3.39. The average Bonchev–Trinajstić information content (AvgIpc) is 3.19. The molecular weight excluding hydrogens is 250 g/mol. The molecule has 114 valence electrons. The molecule has 0 amide bonds. The van der Waals surface area contributed by atoms with Gasteiger partial charge in [0.2, 0.25) is 0 Å². The van der Waals surface area contributed by atoms with Crippen LogP contribution in [-0.4, -0.2) is 37.8 Å². The molecule has 0 aromatic rings. The lowest BCUT2D eigenvalue weighted by molar-refractivity contribution is 0.0992. The van der Waals surface area contributed by atoms with E-state index in [9.17, 15) is 0 Å². The van der Waals surface area contributed by atoms with Crippen molar-refractivity contribution in [1.29, 1.82) is 0 Å². The zero-order chi connectivity index (χ0) is 14.0. The maximum absolute atomic E-state index is 5.90. The van der Waals surface area contributed by atoms with Gasteiger partial charge in [0.25, 0.3) is 0 Å². The van der Waals surface area contributed by atoms with Gasteiger partial charge in [-0.1, -0.05) is 19.8 Å². The van der Waals surface area contributed by atoms with E-state index in [0.717, 1.165) is 18.9 Å². The fourth-order valence-corrected chi connectivity index (χ4v) is 4.21. The lowest BCUT2D eigenvalue weighted by Gasteiger charge is -2.30. The summed E-state index contributed by atoms with van der Waals surface area (Å²) in [6.07, 6.45) is 11.3. The third kappa shape index (κ3) is 2.80. The van der Waals surface area contributed by atoms with Gasteiger partial charge in [-0.15, -0.1) is 0 Å². The van der Waals surface area contributed by atoms with E-state index in [0.29, 0.717) is 23.7 Å². The zero-order valence-electron chi connectivity index (χ0n) is 13.0. The van der Waals surface area contributed by atoms with E-state index in [1.807, 2.05) is 7.05 Å². The molecule has 2 bridgehead atoms. The monoisotopic (exact) mass is 279 g/mol. The second kappa shape index (κ2) is 5.92. The van der Waals surface area contributed by atoms with Crippen molar-refractivity contribution in [2.24, 2.45) is 10.4 Å². The van der Waals surface area contributed by atoms with E-state index in [-0.39, 0.29) is 0 Å². The van der Waals surface area contributed by atoms with Crippen LogP contribution in [0.2, 0.25) is 0 Å². The molecule has 0 spiro atoms. The topological polar surface area (TPSA) is 45.7 Å². The van der Waals surface area contributed by atoms with E-state index in [2.05, 4.69) is 22.5 Å². The van der Waals surface area contributed by atoms with Gasteiger partial charge < -0.3 is 15.4 Å². The predicted octanol–water partition coefficient (Wildman–Crippen LogP) is 2.44. The van der Waals surface area contributed by atoms with Crippen LogP contribution >= 0.6 is 0 Å². The van der Waals surface area contributed by atoms with Crippen molar-refractivity contribution >= 4 is 5.96 Å². The molecule has 2 saturated heterocycles. The fraction of sp³-hybridized carbons (Fsp3) is 0.938. The number of hydrogen-bond acceptors (Lipinski definition) is 2. The van der Waals surface area contributed by atoms with E-state index in [1.165, 1.54) is 44.9 Å². The Morgan fingerprint density at radius 1 is 1.30 bits per heavy atom. The molecule has 1 aliphatic carbocycles. The van der Waals surface area contributed by atoms with Gasteiger partial charge in [0, 0.05) is 13.6 Å². The van der Waals surface area contributed by atoms with Gasteiger partial charge in [0.15, 0.2) is 5.96 Å². The molecule has 0 radical (unpaired) electrons. The number of aliphatic imine (C=N–C) groups is 1. The quantitative estimate of drug-likeness (QED) is 0.614. The maximum atomic E-state index is 5.90. The molecule has 3 unspecified atom stereocenters. The van der Waals surface area contributed by atoms with Crippen LogP contribution in [-0.2, 0) is 4.74 Å². The molecule has 4 nitrogen and oxygen atoms in total.